The van der Waals surface area contributed by atoms with Crippen molar-refractivity contribution in [2.75, 3.05) is 5.73 Å². The van der Waals surface area contributed by atoms with E-state index in [1.807, 2.05) is 19.1 Å². The first-order valence-corrected chi connectivity index (χ1v) is 4.77. The quantitative estimate of drug-likeness (QED) is 0.751. The lowest BCUT2D eigenvalue weighted by molar-refractivity contribution is 1.20. The molecule has 13 heavy (non-hydrogen) atoms. The van der Waals surface area contributed by atoms with Gasteiger partial charge in [-0.3, -0.25) is 4.98 Å². The molecule has 66 valence electrons. The molecule has 0 saturated heterocycles. The van der Waals surface area contributed by atoms with Gasteiger partial charge in [0.15, 0.2) is 0 Å². The average molecular weight is 191 g/mol. The number of aromatic nitrogens is 2. The Hall–Kier alpha value is -1.42. The summed E-state index contributed by atoms with van der Waals surface area (Å²) in [5.41, 5.74) is 10.3. The molecule has 0 amide bonds. The van der Waals surface area contributed by atoms with E-state index >= 15 is 0 Å². The van der Waals surface area contributed by atoms with Gasteiger partial charge in [0.25, 0.3) is 0 Å². The van der Waals surface area contributed by atoms with Crippen LogP contribution in [0.2, 0.25) is 0 Å². The van der Waals surface area contributed by atoms with Crippen LogP contribution >= 0.6 is 11.3 Å². The van der Waals surface area contributed by atoms with Crippen LogP contribution in [0.1, 0.15) is 5.69 Å². The highest BCUT2D eigenvalue weighted by Gasteiger charge is 2.04. The fourth-order valence-corrected chi connectivity index (χ4v) is 1.63. The Morgan fingerprint density at radius 2 is 2.15 bits per heavy atom. The van der Waals surface area contributed by atoms with Gasteiger partial charge in [0.2, 0.25) is 0 Å². The Bertz CT molecular complexity index is 405. The maximum Gasteiger partial charge on any atom is 0.114 e. The van der Waals surface area contributed by atoms with Crippen LogP contribution in [-0.2, 0) is 0 Å². The van der Waals surface area contributed by atoms with E-state index in [0.29, 0.717) is 0 Å². The number of nitrogens with two attached hydrogens (primary N) is 1. The summed E-state index contributed by atoms with van der Waals surface area (Å²) in [4.78, 5) is 8.35. The molecule has 0 fully saturated rings. The summed E-state index contributed by atoms with van der Waals surface area (Å²) in [5.74, 6) is 0. The Labute approximate surface area is 80.3 Å². The predicted octanol–water partition coefficient (Wildman–Crippen LogP) is 2.10. The first-order valence-electron chi connectivity index (χ1n) is 3.89. The van der Waals surface area contributed by atoms with E-state index in [0.717, 1.165) is 22.0 Å². The van der Waals surface area contributed by atoms with Crippen LogP contribution in [0.25, 0.3) is 11.3 Å². The monoisotopic (exact) mass is 191 g/mol. The van der Waals surface area contributed by atoms with E-state index in [4.69, 9.17) is 5.73 Å². The summed E-state index contributed by atoms with van der Waals surface area (Å²) in [7, 11) is 0. The molecule has 2 N–H and O–H groups in total. The number of rotatable bonds is 1. The van der Waals surface area contributed by atoms with E-state index in [9.17, 15) is 0 Å². The molecule has 2 aromatic rings. The molecule has 0 spiro atoms. The van der Waals surface area contributed by atoms with Crippen LogP contribution in [0.15, 0.2) is 23.8 Å². The second-order valence-corrected chi connectivity index (χ2v) is 3.64. The van der Waals surface area contributed by atoms with Crippen molar-refractivity contribution in [3.8, 4) is 11.3 Å². The molecule has 0 aliphatic heterocycles. The van der Waals surface area contributed by atoms with Crippen LogP contribution in [0.4, 0.5) is 5.00 Å². The van der Waals surface area contributed by atoms with Crippen molar-refractivity contribution < 1.29 is 0 Å². The lowest BCUT2D eigenvalue weighted by Crippen LogP contribution is -1.87. The largest absolute Gasteiger partial charge is 0.389 e. The fourth-order valence-electron chi connectivity index (χ4n) is 1.08. The van der Waals surface area contributed by atoms with E-state index in [-0.39, 0.29) is 0 Å². The highest BCUT2D eigenvalue weighted by atomic mass is 32.1. The molecule has 0 aliphatic rings. The number of nitrogens with zero attached hydrogens (tertiary/aromatic N) is 2. The van der Waals surface area contributed by atoms with Gasteiger partial charge in [-0.05, 0) is 19.1 Å². The van der Waals surface area contributed by atoms with E-state index in [1.54, 1.807) is 11.7 Å². The van der Waals surface area contributed by atoms with Crippen LogP contribution < -0.4 is 5.73 Å². The molecule has 2 aromatic heterocycles. The molecule has 0 bridgehead atoms. The predicted molar refractivity (Wildman–Crippen MR) is 54.5 cm³/mol. The van der Waals surface area contributed by atoms with Crippen molar-refractivity contribution >= 4 is 16.3 Å². The third-order valence-electron chi connectivity index (χ3n) is 1.78. The summed E-state index contributed by atoms with van der Waals surface area (Å²) in [6.07, 6.45) is 1.79. The minimum atomic E-state index is 0.741. The molecule has 0 aromatic carbocycles. The van der Waals surface area contributed by atoms with Crippen molar-refractivity contribution in [1.29, 1.82) is 0 Å². The molecule has 4 heteroatoms. The van der Waals surface area contributed by atoms with E-state index in [2.05, 4.69) is 9.97 Å². The maximum absolute atomic E-state index is 5.74. The molecule has 0 saturated carbocycles. The van der Waals surface area contributed by atoms with E-state index in [1.165, 1.54) is 11.3 Å². The van der Waals surface area contributed by atoms with Crippen LogP contribution in [0, 0.1) is 6.92 Å². The zero-order valence-corrected chi connectivity index (χ0v) is 8.01. The molecule has 0 atom stereocenters. The number of thiazole rings is 1. The van der Waals surface area contributed by atoms with Gasteiger partial charge >= 0.3 is 0 Å². The minimum Gasteiger partial charge on any atom is -0.389 e. The summed E-state index contributed by atoms with van der Waals surface area (Å²) in [6, 6.07) is 3.93. The summed E-state index contributed by atoms with van der Waals surface area (Å²) >= 11 is 1.44. The van der Waals surface area contributed by atoms with Gasteiger partial charge in [0, 0.05) is 17.5 Å². The van der Waals surface area contributed by atoms with Crippen molar-refractivity contribution in [1.82, 2.24) is 9.97 Å². The standard InChI is InChI=1S/C9H9N3S/c1-6-2-3-7(4-11-6)8-9(10)13-5-12-8/h2-5H,10H2,1H3. The summed E-state index contributed by atoms with van der Waals surface area (Å²) < 4.78 is 0. The van der Waals surface area contributed by atoms with Crippen LogP contribution in [0.5, 0.6) is 0 Å². The third-order valence-corrected chi connectivity index (χ3v) is 2.44. The number of anilines is 1. The number of aryl methyl sites for hydroxylation is 1. The number of hydrogen-bond donors (Lipinski definition) is 1. The first-order chi connectivity index (χ1) is 6.27. The van der Waals surface area contributed by atoms with Gasteiger partial charge in [0.1, 0.15) is 10.7 Å². The molecule has 3 nitrogen and oxygen atoms in total. The molecular weight excluding hydrogens is 182 g/mol. The Kier molecular flexibility index (Phi) is 1.98. The zero-order valence-electron chi connectivity index (χ0n) is 7.19. The van der Waals surface area contributed by atoms with Gasteiger partial charge in [-0.15, -0.1) is 11.3 Å². The summed E-state index contributed by atoms with van der Waals surface area (Å²) in [5, 5.41) is 0.741. The summed E-state index contributed by atoms with van der Waals surface area (Å²) in [6.45, 7) is 1.95. The second-order valence-electron chi connectivity index (χ2n) is 2.75. The maximum atomic E-state index is 5.74. The van der Waals surface area contributed by atoms with Gasteiger partial charge in [-0.1, -0.05) is 0 Å². The molecular formula is C9H9N3S. The van der Waals surface area contributed by atoms with Gasteiger partial charge in [-0.25, -0.2) is 4.98 Å². The van der Waals surface area contributed by atoms with Crippen LogP contribution in [-0.4, -0.2) is 9.97 Å². The lowest BCUT2D eigenvalue weighted by atomic mass is 10.2. The van der Waals surface area contributed by atoms with Gasteiger partial charge < -0.3 is 5.73 Å². The van der Waals surface area contributed by atoms with Crippen molar-refractivity contribution in [3.63, 3.8) is 0 Å². The normalized spacial score (nSPS) is 10.2. The van der Waals surface area contributed by atoms with Crippen molar-refractivity contribution in [3.05, 3.63) is 29.5 Å². The Morgan fingerprint density at radius 3 is 2.69 bits per heavy atom. The lowest BCUT2D eigenvalue weighted by Gasteiger charge is -1.97. The smallest absolute Gasteiger partial charge is 0.114 e. The fraction of sp³-hybridized carbons (Fsp3) is 0.111. The Balaban J connectivity index is 2.47. The first kappa shape index (κ1) is 8.19. The van der Waals surface area contributed by atoms with Crippen molar-refractivity contribution in [2.45, 2.75) is 6.92 Å². The highest BCUT2D eigenvalue weighted by molar-refractivity contribution is 7.14. The van der Waals surface area contributed by atoms with Gasteiger partial charge in [0.05, 0.1) is 5.51 Å². The third kappa shape index (κ3) is 1.53. The highest BCUT2D eigenvalue weighted by Crippen LogP contribution is 2.26. The number of nitrogen functional groups attached to an aromatic ring is 1. The molecule has 2 heterocycles. The van der Waals surface area contributed by atoms with Gasteiger partial charge in [-0.2, -0.15) is 0 Å². The molecule has 0 unspecified atom stereocenters. The molecule has 0 aliphatic carbocycles. The van der Waals surface area contributed by atoms with Crippen LogP contribution in [0.3, 0.4) is 0 Å². The topological polar surface area (TPSA) is 51.8 Å². The Morgan fingerprint density at radius 1 is 1.31 bits per heavy atom. The number of hydrogen-bond acceptors (Lipinski definition) is 4. The zero-order chi connectivity index (χ0) is 9.26. The van der Waals surface area contributed by atoms with Crippen molar-refractivity contribution in [2.24, 2.45) is 0 Å². The minimum absolute atomic E-state index is 0.741. The average Bonchev–Trinajstić information content (AvgIpc) is 2.53. The second kappa shape index (κ2) is 3.14. The number of pyridine rings is 1. The molecule has 2 rings (SSSR count). The SMILES string of the molecule is Cc1ccc(-c2ncsc2N)cn1. The molecule has 0 radical (unpaired) electrons. The van der Waals surface area contributed by atoms with E-state index < -0.39 is 0 Å².